The van der Waals surface area contributed by atoms with E-state index in [0.29, 0.717) is 0 Å². The maximum atomic E-state index is 13.3. The van der Waals surface area contributed by atoms with Gasteiger partial charge in [0.05, 0.1) is 0 Å². The second-order valence-electron chi connectivity index (χ2n) is 5.29. The highest BCUT2D eigenvalue weighted by Crippen LogP contribution is 2.47. The number of nitrogens with one attached hydrogen (secondary N) is 1. The van der Waals surface area contributed by atoms with Gasteiger partial charge in [0.25, 0.3) is 0 Å². The van der Waals surface area contributed by atoms with E-state index >= 15 is 0 Å². The summed E-state index contributed by atoms with van der Waals surface area (Å²) >= 11 is 0. The minimum atomic E-state index is -4.77. The molecule has 1 aliphatic rings. The highest BCUT2D eigenvalue weighted by molar-refractivity contribution is 5.77. The molecule has 6 heteroatoms. The molecular weight excluding hydrogens is 271 g/mol. The van der Waals surface area contributed by atoms with Crippen LogP contribution in [0.2, 0.25) is 0 Å². The third-order valence-electron chi connectivity index (χ3n) is 3.98. The van der Waals surface area contributed by atoms with Crippen molar-refractivity contribution in [1.29, 1.82) is 0 Å². The van der Waals surface area contributed by atoms with Gasteiger partial charge in [0.2, 0.25) is 0 Å². The zero-order chi connectivity index (χ0) is 15.0. The van der Waals surface area contributed by atoms with Gasteiger partial charge in [-0.3, -0.25) is 4.79 Å². The van der Waals surface area contributed by atoms with Crippen molar-refractivity contribution in [2.45, 2.75) is 19.5 Å². The summed E-state index contributed by atoms with van der Waals surface area (Å²) < 4.78 is 39.8. The summed E-state index contributed by atoms with van der Waals surface area (Å²) in [4.78, 5) is 11.3. The molecule has 0 aromatic heterocycles. The number of aryl methyl sites for hydroxylation is 1. The van der Waals surface area contributed by atoms with Crippen LogP contribution in [0, 0.1) is 18.3 Å². The molecule has 1 saturated heterocycles. The van der Waals surface area contributed by atoms with Gasteiger partial charge < -0.3 is 10.4 Å². The van der Waals surface area contributed by atoms with Crippen LogP contribution in [0.5, 0.6) is 0 Å². The second-order valence-corrected chi connectivity index (χ2v) is 5.29. The molecule has 3 nitrogen and oxygen atoms in total. The molecule has 2 N–H and O–H groups in total. The molecule has 0 saturated carbocycles. The highest BCUT2D eigenvalue weighted by Gasteiger charge is 2.66. The summed E-state index contributed by atoms with van der Waals surface area (Å²) in [6.45, 7) is 1.38. The van der Waals surface area contributed by atoms with Crippen LogP contribution in [0.3, 0.4) is 0 Å². The lowest BCUT2D eigenvalue weighted by Gasteiger charge is -2.32. The lowest BCUT2D eigenvalue weighted by molar-refractivity contribution is -0.236. The van der Waals surface area contributed by atoms with Crippen molar-refractivity contribution in [3.05, 3.63) is 35.4 Å². The van der Waals surface area contributed by atoms with Crippen molar-refractivity contribution in [3.63, 3.8) is 0 Å². The van der Waals surface area contributed by atoms with Crippen LogP contribution >= 0.6 is 0 Å². The zero-order valence-corrected chi connectivity index (χ0v) is 11.0. The lowest BCUT2D eigenvalue weighted by atomic mass is 9.74. The molecule has 2 unspecified atom stereocenters. The van der Waals surface area contributed by atoms with E-state index in [2.05, 4.69) is 5.32 Å². The van der Waals surface area contributed by atoms with E-state index in [1.807, 2.05) is 19.1 Å². The Kier molecular flexibility index (Phi) is 3.77. The van der Waals surface area contributed by atoms with Crippen molar-refractivity contribution >= 4 is 5.97 Å². The molecule has 0 radical (unpaired) electrons. The Morgan fingerprint density at radius 1 is 1.40 bits per heavy atom. The van der Waals surface area contributed by atoms with Crippen molar-refractivity contribution in [2.24, 2.45) is 11.3 Å². The van der Waals surface area contributed by atoms with Crippen molar-refractivity contribution < 1.29 is 23.1 Å². The van der Waals surface area contributed by atoms with E-state index in [4.69, 9.17) is 5.11 Å². The predicted octanol–water partition coefficient (Wildman–Crippen LogP) is 2.39. The second kappa shape index (κ2) is 5.09. The number of hydrogen-bond donors (Lipinski definition) is 2. The van der Waals surface area contributed by atoms with Crippen LogP contribution in [0.25, 0.3) is 0 Å². The molecule has 0 bridgehead atoms. The molecule has 1 heterocycles. The van der Waals surface area contributed by atoms with Gasteiger partial charge >= 0.3 is 12.1 Å². The molecule has 2 atom stereocenters. The van der Waals surface area contributed by atoms with E-state index in [-0.39, 0.29) is 13.0 Å². The maximum Gasteiger partial charge on any atom is 0.406 e. The van der Waals surface area contributed by atoms with E-state index in [1.54, 1.807) is 12.1 Å². The number of benzene rings is 1. The lowest BCUT2D eigenvalue weighted by Crippen LogP contribution is -2.51. The van der Waals surface area contributed by atoms with Gasteiger partial charge in [-0.05, 0) is 25.5 Å². The topological polar surface area (TPSA) is 49.3 Å². The van der Waals surface area contributed by atoms with Crippen molar-refractivity contribution in [3.8, 4) is 0 Å². The first-order valence-corrected chi connectivity index (χ1v) is 6.34. The van der Waals surface area contributed by atoms with Gasteiger partial charge in [0, 0.05) is 12.5 Å². The Morgan fingerprint density at radius 3 is 2.50 bits per heavy atom. The van der Waals surface area contributed by atoms with E-state index in [9.17, 15) is 18.0 Å². The van der Waals surface area contributed by atoms with Crippen LogP contribution in [0.15, 0.2) is 24.3 Å². The molecule has 1 aromatic rings. The summed E-state index contributed by atoms with van der Waals surface area (Å²) in [5, 5.41) is 11.7. The predicted molar refractivity (Wildman–Crippen MR) is 67.4 cm³/mol. The number of halogens is 3. The third-order valence-corrected chi connectivity index (χ3v) is 3.98. The average molecular weight is 287 g/mol. The van der Waals surface area contributed by atoms with Gasteiger partial charge in [-0.15, -0.1) is 0 Å². The molecule has 1 fully saturated rings. The first kappa shape index (κ1) is 14.8. The minimum absolute atomic E-state index is 0.0552. The fourth-order valence-electron chi connectivity index (χ4n) is 2.72. The Morgan fingerprint density at radius 2 is 2.00 bits per heavy atom. The Labute approximate surface area is 114 Å². The monoisotopic (exact) mass is 287 g/mol. The number of aliphatic carboxylic acids is 1. The van der Waals surface area contributed by atoms with Crippen molar-refractivity contribution in [2.75, 3.05) is 13.1 Å². The van der Waals surface area contributed by atoms with E-state index < -0.39 is 30.0 Å². The van der Waals surface area contributed by atoms with Gasteiger partial charge in [0.15, 0.2) is 5.41 Å². The molecular formula is C14H16F3NO2. The molecule has 1 aromatic carbocycles. The van der Waals surface area contributed by atoms with Crippen LogP contribution in [-0.2, 0) is 11.2 Å². The smallest absolute Gasteiger partial charge is 0.406 e. The minimum Gasteiger partial charge on any atom is -0.481 e. The Hall–Kier alpha value is -1.56. The van der Waals surface area contributed by atoms with Gasteiger partial charge in [-0.1, -0.05) is 29.8 Å². The molecule has 2 rings (SSSR count). The standard InChI is InChI=1S/C14H16F3NO2/c1-9-2-4-10(5-3-9)6-11-7-18-8-13(11,12(19)20)14(15,16)17/h2-5,11,18H,6-8H2,1H3,(H,19,20). The van der Waals surface area contributed by atoms with Gasteiger partial charge in [-0.2, -0.15) is 13.2 Å². The summed E-state index contributed by atoms with van der Waals surface area (Å²) in [6.07, 6.45) is -4.67. The van der Waals surface area contributed by atoms with Gasteiger partial charge in [-0.25, -0.2) is 0 Å². The quantitative estimate of drug-likeness (QED) is 0.897. The largest absolute Gasteiger partial charge is 0.481 e. The number of hydrogen-bond acceptors (Lipinski definition) is 2. The highest BCUT2D eigenvalue weighted by atomic mass is 19.4. The Bertz CT molecular complexity index is 498. The number of alkyl halides is 3. The van der Waals surface area contributed by atoms with Crippen LogP contribution < -0.4 is 5.32 Å². The van der Waals surface area contributed by atoms with Crippen molar-refractivity contribution in [1.82, 2.24) is 5.32 Å². The van der Waals surface area contributed by atoms with E-state index in [0.717, 1.165) is 11.1 Å². The van der Waals surface area contributed by atoms with E-state index in [1.165, 1.54) is 0 Å². The third kappa shape index (κ3) is 2.40. The van der Waals surface area contributed by atoms with Gasteiger partial charge in [0.1, 0.15) is 0 Å². The number of carboxylic acid groups (broad SMARTS) is 1. The Balaban J connectivity index is 2.30. The summed E-state index contributed by atoms with van der Waals surface area (Å²) in [7, 11) is 0. The average Bonchev–Trinajstić information content (AvgIpc) is 2.76. The fraction of sp³-hybridized carbons (Fsp3) is 0.500. The molecule has 1 aliphatic heterocycles. The van der Waals surface area contributed by atoms with Crippen LogP contribution in [-0.4, -0.2) is 30.3 Å². The maximum absolute atomic E-state index is 13.3. The summed E-state index contributed by atoms with van der Waals surface area (Å²) in [6, 6.07) is 7.12. The molecule has 20 heavy (non-hydrogen) atoms. The number of carbonyl (C=O) groups is 1. The normalized spacial score (nSPS) is 26.7. The summed E-state index contributed by atoms with van der Waals surface area (Å²) in [5.41, 5.74) is -0.962. The molecule has 0 spiro atoms. The number of carboxylic acids is 1. The first-order valence-electron chi connectivity index (χ1n) is 6.34. The fourth-order valence-corrected chi connectivity index (χ4v) is 2.72. The zero-order valence-electron chi connectivity index (χ0n) is 11.0. The molecule has 0 amide bonds. The SMILES string of the molecule is Cc1ccc(CC2CNCC2(C(=O)O)C(F)(F)F)cc1. The molecule has 110 valence electrons. The number of rotatable bonds is 3. The molecule has 0 aliphatic carbocycles. The first-order chi connectivity index (χ1) is 9.27. The summed E-state index contributed by atoms with van der Waals surface area (Å²) in [5.74, 6) is -2.80. The van der Waals surface area contributed by atoms with Crippen LogP contribution in [0.1, 0.15) is 11.1 Å². The van der Waals surface area contributed by atoms with Crippen LogP contribution in [0.4, 0.5) is 13.2 Å².